The molecule has 0 aromatic rings. The van der Waals surface area contributed by atoms with Gasteiger partial charge >= 0.3 is 41.4 Å². The SMILES string of the molecule is [CH3][In-]([CH3])([CH3])[Cl]. The van der Waals surface area contributed by atoms with Crippen molar-refractivity contribution < 1.29 is 0 Å². The molecule has 0 fully saturated rings. The molecule has 0 aliphatic heterocycles. The number of halogens is 1. The van der Waals surface area contributed by atoms with Gasteiger partial charge in [0.2, 0.25) is 0 Å². The summed E-state index contributed by atoms with van der Waals surface area (Å²) < 4.78 is 6.52. The van der Waals surface area contributed by atoms with Crippen LogP contribution < -0.4 is 0 Å². The third-order valence-corrected chi connectivity index (χ3v) is 0. The molecule has 0 bridgehead atoms. The van der Waals surface area contributed by atoms with Crippen LogP contribution in [0.4, 0.5) is 0 Å². The molecule has 0 unspecified atom stereocenters. The van der Waals surface area contributed by atoms with Gasteiger partial charge in [0.1, 0.15) is 0 Å². The summed E-state index contributed by atoms with van der Waals surface area (Å²) in [5, 5.41) is 0. The molecule has 0 aliphatic rings. The summed E-state index contributed by atoms with van der Waals surface area (Å²) in [6.07, 6.45) is 0. The Balaban J connectivity index is 3.02. The zero-order valence-corrected chi connectivity index (χ0v) is 8.01. The van der Waals surface area contributed by atoms with E-state index in [-0.39, 0.29) is 0 Å². The van der Waals surface area contributed by atoms with Crippen LogP contribution in [0, 0.1) is 0 Å². The van der Waals surface area contributed by atoms with Crippen LogP contribution in [0.2, 0.25) is 14.0 Å². The normalized spacial score (nSPS) is 12.0. The van der Waals surface area contributed by atoms with Crippen LogP contribution in [0.15, 0.2) is 0 Å². The van der Waals surface area contributed by atoms with E-state index in [1.54, 1.807) is 0 Å². The van der Waals surface area contributed by atoms with Gasteiger partial charge in [-0.2, -0.15) is 0 Å². The standard InChI is InChI=1S/3CH3.ClH.In/h3*1H3;1H;/p-1. The molecule has 0 nitrogen and oxygen atoms in total. The van der Waals surface area contributed by atoms with Crippen molar-refractivity contribution in [3.63, 3.8) is 0 Å². The molecule has 32 valence electrons. The van der Waals surface area contributed by atoms with Crippen LogP contribution >= 0.6 is 8.58 Å². The van der Waals surface area contributed by atoms with Crippen molar-refractivity contribution in [2.45, 2.75) is 14.0 Å². The van der Waals surface area contributed by atoms with Crippen LogP contribution in [0.5, 0.6) is 0 Å². The summed E-state index contributed by atoms with van der Waals surface area (Å²) in [5.41, 5.74) is 0. The Morgan fingerprint density at radius 1 is 1.20 bits per heavy atom. The molecule has 2 heteroatoms. The maximum absolute atomic E-state index is 5.75. The minimum atomic E-state index is -1.79. The summed E-state index contributed by atoms with van der Waals surface area (Å²) in [5.74, 6) is 0. The second-order valence-electron chi connectivity index (χ2n) is 2.39. The number of rotatable bonds is 0. The maximum atomic E-state index is 5.75. The fraction of sp³-hybridized carbons (Fsp3) is 1.00. The van der Waals surface area contributed by atoms with Crippen LogP contribution in [0.25, 0.3) is 0 Å². The summed E-state index contributed by atoms with van der Waals surface area (Å²) in [6, 6.07) is 0. The predicted octanol–water partition coefficient (Wildman–Crippen LogP) is 2.06. The molecule has 0 atom stereocenters. The zero-order valence-electron chi connectivity index (χ0n) is 3.96. The second kappa shape index (κ2) is 1.74. The molecule has 0 heterocycles. The van der Waals surface area contributed by atoms with Crippen LogP contribution in [-0.2, 0) is 0 Å². The van der Waals surface area contributed by atoms with E-state index in [4.69, 9.17) is 8.58 Å². The molecule has 0 aromatic heterocycles. The summed E-state index contributed by atoms with van der Waals surface area (Å²) >= 11 is -1.79. The molecular weight excluding hydrogens is 186 g/mol. The van der Waals surface area contributed by atoms with Gasteiger partial charge in [0.25, 0.3) is 0 Å². The summed E-state index contributed by atoms with van der Waals surface area (Å²) in [6.45, 7) is 0. The van der Waals surface area contributed by atoms with E-state index in [0.29, 0.717) is 0 Å². The number of hydrogen-bond donors (Lipinski definition) is 0. The molecule has 5 heavy (non-hydrogen) atoms. The van der Waals surface area contributed by atoms with Crippen molar-refractivity contribution in [2.24, 2.45) is 0 Å². The van der Waals surface area contributed by atoms with Crippen molar-refractivity contribution in [3.05, 3.63) is 0 Å². The molecule has 0 N–H and O–H groups in total. The average Bonchev–Trinajstić information content (AvgIpc) is 0.722. The molecule has 0 aliphatic carbocycles. The van der Waals surface area contributed by atoms with E-state index >= 15 is 0 Å². The first-order chi connectivity index (χ1) is 2.00. The first kappa shape index (κ1) is 6.16. The Bertz CT molecular complexity index is 22.4. The van der Waals surface area contributed by atoms with Gasteiger partial charge < -0.3 is 0 Å². The third kappa shape index (κ3) is 38.3. The van der Waals surface area contributed by atoms with Gasteiger partial charge in [0.15, 0.2) is 0 Å². The van der Waals surface area contributed by atoms with Crippen molar-refractivity contribution in [1.82, 2.24) is 0 Å². The van der Waals surface area contributed by atoms with Crippen molar-refractivity contribution >= 4 is 27.4 Å². The molecule has 0 aromatic carbocycles. The molecule has 0 saturated carbocycles. The molecule has 0 rings (SSSR count). The molecule has 0 spiro atoms. The van der Waals surface area contributed by atoms with E-state index in [1.807, 2.05) is 0 Å². The predicted molar refractivity (Wildman–Crippen MR) is 29.2 cm³/mol. The van der Waals surface area contributed by atoms with Crippen LogP contribution in [0.1, 0.15) is 0 Å². The van der Waals surface area contributed by atoms with E-state index in [1.165, 1.54) is 0 Å². The van der Waals surface area contributed by atoms with Crippen molar-refractivity contribution in [3.8, 4) is 0 Å². The molecule has 0 radical (unpaired) electrons. The van der Waals surface area contributed by atoms with Gasteiger partial charge in [-0.1, -0.05) is 0 Å². The van der Waals surface area contributed by atoms with Gasteiger partial charge in [0, 0.05) is 0 Å². The second-order valence-corrected chi connectivity index (χ2v) is 24.8. The van der Waals surface area contributed by atoms with Gasteiger partial charge in [0.05, 0.1) is 0 Å². The van der Waals surface area contributed by atoms with E-state index in [0.717, 1.165) is 0 Å². The Labute approximate surface area is 41.4 Å². The van der Waals surface area contributed by atoms with Crippen LogP contribution in [-0.4, -0.2) is 18.8 Å². The molecular formula is C3H9ClIn-. The van der Waals surface area contributed by atoms with Gasteiger partial charge in [-0.15, -0.1) is 0 Å². The average molecular weight is 195 g/mol. The van der Waals surface area contributed by atoms with E-state index in [9.17, 15) is 0 Å². The Morgan fingerprint density at radius 3 is 1.20 bits per heavy atom. The first-order valence-electron chi connectivity index (χ1n) is 1.95. The molecule has 0 saturated heterocycles. The quantitative estimate of drug-likeness (QED) is 0.555. The zero-order chi connectivity index (χ0) is 4.50. The Kier molecular flexibility index (Phi) is 2.15. The summed E-state index contributed by atoms with van der Waals surface area (Å²) in [4.78, 5) is 0. The van der Waals surface area contributed by atoms with Gasteiger partial charge in [-0.05, 0) is 0 Å². The fourth-order valence-corrected chi connectivity index (χ4v) is 0. The topological polar surface area (TPSA) is 0 Å². The van der Waals surface area contributed by atoms with Gasteiger partial charge in [-0.25, -0.2) is 0 Å². The monoisotopic (exact) mass is 195 g/mol. The molecule has 0 amide bonds. The fourth-order valence-electron chi connectivity index (χ4n) is 0. The van der Waals surface area contributed by atoms with Crippen molar-refractivity contribution in [2.75, 3.05) is 0 Å². The summed E-state index contributed by atoms with van der Waals surface area (Å²) in [7, 11) is 5.75. The Hall–Kier alpha value is 1.16. The Morgan fingerprint density at radius 2 is 1.20 bits per heavy atom. The van der Waals surface area contributed by atoms with E-state index in [2.05, 4.69) is 14.0 Å². The van der Waals surface area contributed by atoms with Gasteiger partial charge in [-0.3, -0.25) is 0 Å². The first-order valence-corrected chi connectivity index (χ1v) is 16.0. The van der Waals surface area contributed by atoms with Crippen molar-refractivity contribution in [1.29, 1.82) is 0 Å². The van der Waals surface area contributed by atoms with Crippen LogP contribution in [0.3, 0.4) is 0 Å². The third-order valence-electron chi connectivity index (χ3n) is 0. The number of hydrogen-bond acceptors (Lipinski definition) is 0. The van der Waals surface area contributed by atoms with E-state index < -0.39 is 18.8 Å². The minimum absolute atomic E-state index is 1.79.